The molecule has 10 nitrogen and oxygen atoms in total. The van der Waals surface area contributed by atoms with Crippen molar-refractivity contribution in [3.63, 3.8) is 0 Å². The van der Waals surface area contributed by atoms with Crippen molar-refractivity contribution in [3.05, 3.63) is 58.5 Å². The molecule has 44 heavy (non-hydrogen) atoms. The smallest absolute Gasteiger partial charge is 0.407 e. The lowest BCUT2D eigenvalue weighted by atomic mass is 10.1. The molecular formula is C33H40N4O6S. The van der Waals surface area contributed by atoms with Gasteiger partial charge in [-0.2, -0.15) is 0 Å². The third-order valence-corrected chi connectivity index (χ3v) is 8.04. The maximum atomic E-state index is 12.9. The van der Waals surface area contributed by atoms with Gasteiger partial charge in [0.2, 0.25) is 11.8 Å². The van der Waals surface area contributed by atoms with Crippen molar-refractivity contribution in [1.82, 2.24) is 10.3 Å². The van der Waals surface area contributed by atoms with E-state index in [4.69, 9.17) is 19.2 Å². The summed E-state index contributed by atoms with van der Waals surface area (Å²) in [6, 6.07) is 13.6. The zero-order valence-corrected chi connectivity index (χ0v) is 26.6. The van der Waals surface area contributed by atoms with E-state index in [-0.39, 0.29) is 24.2 Å². The van der Waals surface area contributed by atoms with Crippen LogP contribution >= 0.6 is 11.3 Å². The Morgan fingerprint density at radius 2 is 1.89 bits per heavy atom. The summed E-state index contributed by atoms with van der Waals surface area (Å²) >= 11 is 1.45. The van der Waals surface area contributed by atoms with E-state index in [1.165, 1.54) is 16.9 Å². The van der Waals surface area contributed by atoms with Gasteiger partial charge in [0.15, 0.2) is 5.13 Å². The quantitative estimate of drug-likeness (QED) is 0.256. The van der Waals surface area contributed by atoms with Crippen LogP contribution in [0.15, 0.2) is 42.5 Å². The van der Waals surface area contributed by atoms with Crippen molar-refractivity contribution in [2.24, 2.45) is 5.92 Å². The van der Waals surface area contributed by atoms with Gasteiger partial charge in [0, 0.05) is 35.1 Å². The Balaban J connectivity index is 1.07. The summed E-state index contributed by atoms with van der Waals surface area (Å²) in [5.74, 6) is 0.937. The van der Waals surface area contributed by atoms with Gasteiger partial charge >= 0.3 is 6.09 Å². The molecule has 3 aromatic rings. The van der Waals surface area contributed by atoms with Gasteiger partial charge < -0.3 is 29.7 Å². The third kappa shape index (κ3) is 8.57. The fourth-order valence-electron chi connectivity index (χ4n) is 5.00. The van der Waals surface area contributed by atoms with Crippen LogP contribution in [0.3, 0.4) is 0 Å². The maximum absolute atomic E-state index is 12.9. The van der Waals surface area contributed by atoms with E-state index < -0.39 is 11.7 Å². The number of carbonyl (C=O) groups excluding carboxylic acids is 3. The number of aromatic nitrogens is 1. The predicted molar refractivity (Wildman–Crippen MR) is 170 cm³/mol. The molecule has 0 atom stereocenters. The van der Waals surface area contributed by atoms with Gasteiger partial charge in [-0.25, -0.2) is 9.78 Å². The zero-order valence-electron chi connectivity index (χ0n) is 25.7. The number of hydrogen-bond donors (Lipinski definition) is 2. The fraction of sp³-hybridized carbons (Fsp3) is 0.455. The number of ether oxygens (including phenoxy) is 3. The van der Waals surface area contributed by atoms with Gasteiger partial charge in [0.25, 0.3) is 0 Å². The number of hydrogen-bond acceptors (Lipinski definition) is 8. The third-order valence-electron chi connectivity index (χ3n) is 7.16. The molecule has 1 aliphatic carbocycles. The Kier molecular flexibility index (Phi) is 9.85. The Bertz CT molecular complexity index is 1510. The highest BCUT2D eigenvalue weighted by Crippen LogP contribution is 2.39. The summed E-state index contributed by atoms with van der Waals surface area (Å²) < 4.78 is 16.5. The van der Waals surface area contributed by atoms with Gasteiger partial charge in [0.05, 0.1) is 25.3 Å². The van der Waals surface area contributed by atoms with Crippen LogP contribution in [-0.4, -0.2) is 61.4 Å². The molecule has 3 amide bonds. The van der Waals surface area contributed by atoms with Gasteiger partial charge in [-0.15, -0.1) is 11.3 Å². The Morgan fingerprint density at radius 3 is 2.66 bits per heavy atom. The monoisotopic (exact) mass is 620 g/mol. The minimum atomic E-state index is -0.539. The molecule has 0 unspecified atom stereocenters. The molecule has 5 rings (SSSR count). The Morgan fingerprint density at radius 1 is 1.07 bits per heavy atom. The van der Waals surface area contributed by atoms with Crippen molar-refractivity contribution in [2.45, 2.75) is 59.0 Å². The number of thiazole rings is 1. The van der Waals surface area contributed by atoms with Crippen LogP contribution in [0.25, 0.3) is 11.3 Å². The molecule has 1 fully saturated rings. The average Bonchev–Trinajstić information content (AvgIpc) is 3.63. The number of fused-ring (bicyclic) bond motifs is 1. The molecule has 0 spiro atoms. The van der Waals surface area contributed by atoms with Crippen LogP contribution in [0, 0.1) is 12.8 Å². The molecule has 0 bridgehead atoms. The Labute approximate surface area is 262 Å². The van der Waals surface area contributed by atoms with Crippen molar-refractivity contribution >= 4 is 40.1 Å². The summed E-state index contributed by atoms with van der Waals surface area (Å²) in [6.07, 6.45) is 2.56. The second-order valence-corrected chi connectivity index (χ2v) is 13.2. The molecule has 1 aliphatic heterocycles. The second-order valence-electron chi connectivity index (χ2n) is 12.0. The number of alkyl carbamates (subject to hydrolysis) is 1. The lowest BCUT2D eigenvalue weighted by Crippen LogP contribution is -2.34. The first-order valence-electron chi connectivity index (χ1n) is 15.0. The number of anilines is 2. The minimum Gasteiger partial charge on any atom is -0.491 e. The van der Waals surface area contributed by atoms with Crippen molar-refractivity contribution in [3.8, 4) is 17.0 Å². The summed E-state index contributed by atoms with van der Waals surface area (Å²) in [4.78, 5) is 44.8. The van der Waals surface area contributed by atoms with E-state index in [1.54, 1.807) is 0 Å². The average molecular weight is 621 g/mol. The topological polar surface area (TPSA) is 119 Å². The molecule has 2 N–H and O–H groups in total. The van der Waals surface area contributed by atoms with E-state index in [0.717, 1.165) is 53.2 Å². The number of carbonyl (C=O) groups is 3. The predicted octanol–water partition coefficient (Wildman–Crippen LogP) is 5.52. The lowest BCUT2D eigenvalue weighted by Gasteiger charge is -2.19. The minimum absolute atomic E-state index is 0.161. The van der Waals surface area contributed by atoms with Crippen LogP contribution in [0.4, 0.5) is 15.6 Å². The van der Waals surface area contributed by atoms with Gasteiger partial charge in [-0.05, 0) is 82.3 Å². The molecular weight excluding hydrogens is 580 g/mol. The van der Waals surface area contributed by atoms with Crippen LogP contribution in [0.1, 0.15) is 49.6 Å². The number of nitrogens with one attached hydrogen (secondary N) is 2. The van der Waals surface area contributed by atoms with Gasteiger partial charge in [-0.3, -0.25) is 9.59 Å². The van der Waals surface area contributed by atoms with E-state index in [0.29, 0.717) is 37.2 Å². The lowest BCUT2D eigenvalue weighted by molar-refractivity contribution is -0.119. The van der Waals surface area contributed by atoms with Crippen LogP contribution < -0.4 is 20.3 Å². The molecule has 0 radical (unpaired) electrons. The fourth-order valence-corrected chi connectivity index (χ4v) is 5.85. The first-order chi connectivity index (χ1) is 21.1. The SMILES string of the molecule is Cc1sc(NC(=O)Cc2cccc(OCCOCCNC(=O)OC(C)(C)C)c2)nc1-c1ccc2c(c1)CCN2C(=O)C1CC1. The molecule has 11 heteroatoms. The van der Waals surface area contributed by atoms with E-state index in [2.05, 4.69) is 16.7 Å². The second kappa shape index (κ2) is 13.8. The summed E-state index contributed by atoms with van der Waals surface area (Å²) in [7, 11) is 0. The number of nitrogens with zero attached hydrogens (tertiary/aromatic N) is 2. The molecule has 0 saturated heterocycles. The highest BCUT2D eigenvalue weighted by molar-refractivity contribution is 7.16. The van der Waals surface area contributed by atoms with Crippen LogP contribution in [0.2, 0.25) is 0 Å². The number of amides is 3. The Hall–Kier alpha value is -3.96. The van der Waals surface area contributed by atoms with E-state index in [1.807, 2.05) is 69.0 Å². The van der Waals surface area contributed by atoms with Gasteiger partial charge in [0.1, 0.15) is 18.0 Å². The van der Waals surface area contributed by atoms with Crippen molar-refractivity contribution in [1.29, 1.82) is 0 Å². The molecule has 2 aromatic carbocycles. The zero-order chi connectivity index (χ0) is 31.3. The number of aryl methyl sites for hydroxylation is 1. The molecule has 1 saturated carbocycles. The maximum Gasteiger partial charge on any atom is 0.407 e. The van der Waals surface area contributed by atoms with Crippen molar-refractivity contribution in [2.75, 3.05) is 43.1 Å². The first-order valence-corrected chi connectivity index (χ1v) is 15.9. The van der Waals surface area contributed by atoms with E-state index in [9.17, 15) is 14.4 Å². The van der Waals surface area contributed by atoms with Crippen LogP contribution in [0.5, 0.6) is 5.75 Å². The van der Waals surface area contributed by atoms with Crippen LogP contribution in [-0.2, 0) is 31.9 Å². The number of benzene rings is 2. The normalized spacial score (nSPS) is 14.2. The summed E-state index contributed by atoms with van der Waals surface area (Å²) in [6.45, 7) is 9.54. The summed E-state index contributed by atoms with van der Waals surface area (Å²) in [5, 5.41) is 6.14. The largest absolute Gasteiger partial charge is 0.491 e. The molecule has 1 aromatic heterocycles. The van der Waals surface area contributed by atoms with E-state index >= 15 is 0 Å². The molecule has 2 heterocycles. The number of rotatable bonds is 12. The van der Waals surface area contributed by atoms with Gasteiger partial charge in [-0.1, -0.05) is 18.2 Å². The molecule has 2 aliphatic rings. The molecule has 234 valence electrons. The van der Waals surface area contributed by atoms with Crippen molar-refractivity contribution < 1.29 is 28.6 Å². The highest BCUT2D eigenvalue weighted by atomic mass is 32.1. The standard InChI is InChI=1S/C33H40N4O6S/c1-21-29(25-10-11-27-24(20-25)12-14-37(27)30(39)23-8-9-23)36-31(44-21)35-28(38)19-22-6-5-7-26(18-22)42-17-16-41-15-13-34-32(40)43-33(2,3)4/h5-7,10-11,18,20,23H,8-9,12-17,19H2,1-4H3,(H,34,40)(H,35,36,38). The first kappa shape index (κ1) is 31.5. The summed E-state index contributed by atoms with van der Waals surface area (Å²) in [5.41, 5.74) is 4.30. The highest BCUT2D eigenvalue weighted by Gasteiger charge is 2.36.